The van der Waals surface area contributed by atoms with Crippen LogP contribution in [0.2, 0.25) is 0 Å². The number of phenolic OH excluding ortho intramolecular Hbond substituents is 1. The zero-order chi connectivity index (χ0) is 20.6. The van der Waals surface area contributed by atoms with Crippen LogP contribution in [0.5, 0.6) is 5.75 Å². The van der Waals surface area contributed by atoms with Crippen molar-refractivity contribution in [1.82, 2.24) is 0 Å². The van der Waals surface area contributed by atoms with E-state index in [1.165, 1.54) is 12.1 Å². The summed E-state index contributed by atoms with van der Waals surface area (Å²) >= 11 is 3.33. The van der Waals surface area contributed by atoms with Crippen molar-refractivity contribution in [3.05, 3.63) is 88.4 Å². The molecule has 7 heteroatoms. The van der Waals surface area contributed by atoms with E-state index in [9.17, 15) is 15.2 Å². The highest BCUT2D eigenvalue weighted by Gasteiger charge is 2.11. The number of carbonyl (C=O) groups is 1. The lowest BCUT2D eigenvalue weighted by atomic mass is 10.1. The standard InChI is InChI=1S/C22H15BrN4O2/c23-17-5-4-8-19(13-17)25-22(29)16(14-24)11-15-12-20(9-10-21(15)28)27-26-18-6-2-1-3-7-18/h1-13,28H,(H,25,29)/b16-11-,27-26?. The molecule has 0 saturated carbocycles. The smallest absolute Gasteiger partial charge is 0.266 e. The molecule has 0 aliphatic carbocycles. The molecule has 0 bridgehead atoms. The van der Waals surface area contributed by atoms with Crippen LogP contribution in [0, 0.1) is 11.3 Å². The number of nitriles is 1. The minimum absolute atomic E-state index is 0.0772. The molecule has 2 N–H and O–H groups in total. The summed E-state index contributed by atoms with van der Waals surface area (Å²) in [4.78, 5) is 12.4. The third kappa shape index (κ3) is 5.61. The number of hydrogen-bond donors (Lipinski definition) is 2. The van der Waals surface area contributed by atoms with Crippen molar-refractivity contribution in [2.45, 2.75) is 0 Å². The monoisotopic (exact) mass is 446 g/mol. The second-order valence-electron chi connectivity index (χ2n) is 5.91. The van der Waals surface area contributed by atoms with Gasteiger partial charge in [-0.1, -0.05) is 40.2 Å². The molecule has 0 atom stereocenters. The minimum Gasteiger partial charge on any atom is -0.507 e. The number of anilines is 1. The Kier molecular flexibility index (Phi) is 6.51. The zero-order valence-electron chi connectivity index (χ0n) is 15.1. The number of amides is 1. The van der Waals surface area contributed by atoms with Crippen LogP contribution < -0.4 is 5.32 Å². The van der Waals surface area contributed by atoms with Gasteiger partial charge in [0.15, 0.2) is 0 Å². The lowest BCUT2D eigenvalue weighted by Gasteiger charge is -2.05. The van der Waals surface area contributed by atoms with Gasteiger partial charge in [-0.3, -0.25) is 4.79 Å². The molecule has 3 aromatic rings. The summed E-state index contributed by atoms with van der Waals surface area (Å²) < 4.78 is 0.798. The van der Waals surface area contributed by atoms with Crippen LogP contribution in [0.4, 0.5) is 17.1 Å². The van der Waals surface area contributed by atoms with E-state index in [0.717, 1.165) is 4.47 Å². The number of nitrogens with one attached hydrogen (secondary N) is 1. The Morgan fingerprint density at radius 3 is 2.48 bits per heavy atom. The highest BCUT2D eigenvalue weighted by atomic mass is 79.9. The first-order valence-electron chi connectivity index (χ1n) is 8.53. The van der Waals surface area contributed by atoms with Crippen LogP contribution in [-0.2, 0) is 4.79 Å². The van der Waals surface area contributed by atoms with Gasteiger partial charge in [-0.15, -0.1) is 0 Å². The number of rotatable bonds is 5. The maximum absolute atomic E-state index is 12.4. The Labute approximate surface area is 176 Å². The number of carbonyl (C=O) groups excluding carboxylic acids is 1. The van der Waals surface area contributed by atoms with Crippen LogP contribution in [0.3, 0.4) is 0 Å². The quantitative estimate of drug-likeness (QED) is 0.280. The van der Waals surface area contributed by atoms with Crippen molar-refractivity contribution in [3.8, 4) is 11.8 Å². The summed E-state index contributed by atoms with van der Waals surface area (Å²) in [5, 5.41) is 30.4. The number of phenols is 1. The molecule has 3 aromatic carbocycles. The van der Waals surface area contributed by atoms with Crippen LogP contribution in [0.15, 0.2) is 93.1 Å². The van der Waals surface area contributed by atoms with Crippen molar-refractivity contribution in [3.63, 3.8) is 0 Å². The summed E-state index contributed by atoms with van der Waals surface area (Å²) in [6, 6.07) is 22.7. The topological polar surface area (TPSA) is 97.8 Å². The summed E-state index contributed by atoms with van der Waals surface area (Å²) in [6.07, 6.45) is 1.31. The molecule has 0 aromatic heterocycles. The van der Waals surface area contributed by atoms with Gasteiger partial charge in [-0.25, -0.2) is 0 Å². The fraction of sp³-hybridized carbons (Fsp3) is 0. The van der Waals surface area contributed by atoms with Crippen LogP contribution >= 0.6 is 15.9 Å². The molecular formula is C22H15BrN4O2. The maximum atomic E-state index is 12.4. The number of azo groups is 1. The van der Waals surface area contributed by atoms with Crippen molar-refractivity contribution in [2.75, 3.05) is 5.32 Å². The molecule has 1 amide bonds. The summed E-state index contributed by atoms with van der Waals surface area (Å²) in [5.41, 5.74) is 1.83. The Morgan fingerprint density at radius 1 is 1.00 bits per heavy atom. The molecular weight excluding hydrogens is 432 g/mol. The molecule has 29 heavy (non-hydrogen) atoms. The Bertz CT molecular complexity index is 1140. The van der Waals surface area contributed by atoms with Gasteiger partial charge in [0, 0.05) is 15.7 Å². The average Bonchev–Trinajstić information content (AvgIpc) is 2.73. The number of aromatic hydroxyl groups is 1. The van der Waals surface area contributed by atoms with Gasteiger partial charge in [0.2, 0.25) is 0 Å². The van der Waals surface area contributed by atoms with Crippen molar-refractivity contribution >= 4 is 45.0 Å². The Hall–Kier alpha value is -3.76. The van der Waals surface area contributed by atoms with Gasteiger partial charge >= 0.3 is 0 Å². The zero-order valence-corrected chi connectivity index (χ0v) is 16.7. The van der Waals surface area contributed by atoms with E-state index in [4.69, 9.17) is 0 Å². The van der Waals surface area contributed by atoms with Crippen molar-refractivity contribution in [1.29, 1.82) is 5.26 Å². The molecule has 0 unspecified atom stereocenters. The third-order valence-corrected chi connectivity index (χ3v) is 4.29. The number of hydrogen-bond acceptors (Lipinski definition) is 5. The lowest BCUT2D eigenvalue weighted by molar-refractivity contribution is -0.112. The van der Waals surface area contributed by atoms with Gasteiger partial charge in [0.05, 0.1) is 11.4 Å². The highest BCUT2D eigenvalue weighted by molar-refractivity contribution is 9.10. The molecule has 0 spiro atoms. The fourth-order valence-electron chi connectivity index (χ4n) is 2.40. The molecule has 0 fully saturated rings. The van der Waals surface area contributed by atoms with E-state index in [2.05, 4.69) is 31.5 Å². The largest absolute Gasteiger partial charge is 0.507 e. The van der Waals surface area contributed by atoms with Crippen LogP contribution in [0.1, 0.15) is 5.56 Å². The molecule has 0 aliphatic heterocycles. The predicted octanol–water partition coefficient (Wildman–Crippen LogP) is 6.12. The van der Waals surface area contributed by atoms with Gasteiger partial charge in [0.25, 0.3) is 5.91 Å². The molecule has 0 aliphatic rings. The van der Waals surface area contributed by atoms with E-state index >= 15 is 0 Å². The third-order valence-electron chi connectivity index (χ3n) is 3.80. The van der Waals surface area contributed by atoms with E-state index in [0.29, 0.717) is 17.1 Å². The van der Waals surface area contributed by atoms with Gasteiger partial charge in [0.1, 0.15) is 17.4 Å². The van der Waals surface area contributed by atoms with Crippen molar-refractivity contribution in [2.24, 2.45) is 10.2 Å². The minimum atomic E-state index is -0.582. The van der Waals surface area contributed by atoms with Crippen LogP contribution in [-0.4, -0.2) is 11.0 Å². The molecule has 3 rings (SSSR count). The average molecular weight is 447 g/mol. The Balaban J connectivity index is 1.84. The number of halogens is 1. The second-order valence-corrected chi connectivity index (χ2v) is 6.83. The SMILES string of the molecule is N#C/C(=C/c1cc(N=Nc2ccccc2)ccc1O)C(=O)Nc1cccc(Br)c1. The normalized spacial score (nSPS) is 11.2. The van der Waals surface area contributed by atoms with Crippen LogP contribution in [0.25, 0.3) is 6.08 Å². The summed E-state index contributed by atoms with van der Waals surface area (Å²) in [7, 11) is 0. The Morgan fingerprint density at radius 2 is 1.76 bits per heavy atom. The lowest BCUT2D eigenvalue weighted by Crippen LogP contribution is -2.13. The predicted molar refractivity (Wildman–Crippen MR) is 115 cm³/mol. The first-order chi connectivity index (χ1) is 14.0. The second kappa shape index (κ2) is 9.44. The van der Waals surface area contributed by atoms with E-state index < -0.39 is 5.91 Å². The van der Waals surface area contributed by atoms with Gasteiger partial charge in [-0.2, -0.15) is 15.5 Å². The van der Waals surface area contributed by atoms with E-state index in [1.807, 2.05) is 42.5 Å². The van der Waals surface area contributed by atoms with E-state index in [1.54, 1.807) is 30.3 Å². The molecule has 6 nitrogen and oxygen atoms in total. The highest BCUT2D eigenvalue weighted by Crippen LogP contribution is 2.27. The summed E-state index contributed by atoms with van der Waals surface area (Å²) in [5.74, 6) is -0.659. The summed E-state index contributed by atoms with van der Waals surface area (Å²) in [6.45, 7) is 0. The fourth-order valence-corrected chi connectivity index (χ4v) is 2.80. The van der Waals surface area contributed by atoms with Crippen molar-refractivity contribution < 1.29 is 9.90 Å². The molecule has 0 radical (unpaired) electrons. The molecule has 0 saturated heterocycles. The number of benzene rings is 3. The van der Waals surface area contributed by atoms with Gasteiger partial charge in [-0.05, 0) is 54.6 Å². The first kappa shape index (κ1) is 20.0. The van der Waals surface area contributed by atoms with Gasteiger partial charge < -0.3 is 10.4 Å². The maximum Gasteiger partial charge on any atom is 0.266 e. The molecule has 0 heterocycles. The first-order valence-corrected chi connectivity index (χ1v) is 9.33. The molecule has 142 valence electrons. The van der Waals surface area contributed by atoms with E-state index in [-0.39, 0.29) is 16.9 Å². The number of nitrogens with zero attached hydrogens (tertiary/aromatic N) is 3.